The number of rotatable bonds is 6. The van der Waals surface area contributed by atoms with E-state index in [2.05, 4.69) is 15.3 Å². The number of aromatic nitrogens is 2. The zero-order valence-electron chi connectivity index (χ0n) is 19.4. The smallest absolute Gasteiger partial charge is 0.335 e. The average Bonchev–Trinajstić information content (AvgIpc) is 3.16. The maximum atomic E-state index is 13.1. The maximum Gasteiger partial charge on any atom is 0.335 e. The molecule has 9 nitrogen and oxygen atoms in total. The number of aromatic carboxylic acids is 1. The lowest BCUT2D eigenvalue weighted by Crippen LogP contribution is -2.14. The van der Waals surface area contributed by atoms with Crippen LogP contribution in [-0.4, -0.2) is 31.1 Å². The molecule has 0 spiro atoms. The lowest BCUT2D eigenvalue weighted by molar-refractivity contribution is 0.0697. The Hall–Kier alpha value is -4.66. The van der Waals surface area contributed by atoms with Gasteiger partial charge in [0.1, 0.15) is 11.4 Å². The molecule has 9 heteroatoms. The minimum Gasteiger partial charge on any atom is -0.507 e. The van der Waals surface area contributed by atoms with Gasteiger partial charge >= 0.3 is 5.97 Å². The number of azo groups is 1. The number of nitrogens with one attached hydrogen (secondary N) is 1. The van der Waals surface area contributed by atoms with E-state index in [-0.39, 0.29) is 45.1 Å². The number of carboxylic acid groups (broad SMARTS) is 1. The summed E-state index contributed by atoms with van der Waals surface area (Å²) in [5, 5.41) is 41.6. The maximum absolute atomic E-state index is 13.1. The summed E-state index contributed by atoms with van der Waals surface area (Å²) in [5.41, 5.74) is 3.47. The van der Waals surface area contributed by atoms with Crippen molar-refractivity contribution in [1.29, 1.82) is 0 Å². The molecule has 4 aromatic rings. The molecule has 0 atom stereocenters. The third-order valence-electron chi connectivity index (χ3n) is 5.85. The molecule has 0 saturated heterocycles. The number of aryl methyl sites for hydroxylation is 3. The van der Waals surface area contributed by atoms with Crippen LogP contribution in [0.15, 0.2) is 69.6 Å². The minimum atomic E-state index is -1.17. The van der Waals surface area contributed by atoms with Gasteiger partial charge in [0, 0.05) is 11.1 Å². The Morgan fingerprint density at radius 2 is 1.74 bits per heavy atom. The van der Waals surface area contributed by atoms with Crippen LogP contribution in [0.5, 0.6) is 11.5 Å². The van der Waals surface area contributed by atoms with Gasteiger partial charge in [-0.05, 0) is 67.8 Å². The number of benzene rings is 3. The molecule has 1 aromatic heterocycles. The van der Waals surface area contributed by atoms with Crippen LogP contribution in [-0.2, 0) is 6.42 Å². The fourth-order valence-electron chi connectivity index (χ4n) is 3.69. The van der Waals surface area contributed by atoms with Gasteiger partial charge < -0.3 is 15.3 Å². The molecular formula is C26H24N4O5. The number of H-pyrrole nitrogens is 1. The molecule has 0 unspecified atom stereocenters. The van der Waals surface area contributed by atoms with Gasteiger partial charge in [0.25, 0.3) is 5.56 Å². The van der Waals surface area contributed by atoms with Crippen molar-refractivity contribution in [1.82, 2.24) is 9.78 Å². The van der Waals surface area contributed by atoms with Crippen LogP contribution in [0.2, 0.25) is 0 Å². The number of aromatic hydroxyl groups is 2. The first kappa shape index (κ1) is 23.5. The number of phenols is 2. The Morgan fingerprint density at radius 1 is 0.971 bits per heavy atom. The number of hydrogen-bond donors (Lipinski definition) is 4. The summed E-state index contributed by atoms with van der Waals surface area (Å²) in [6.45, 7) is 5.84. The number of nitrogens with zero attached hydrogens (tertiary/aromatic N) is 3. The van der Waals surface area contributed by atoms with E-state index in [1.807, 2.05) is 39.0 Å². The first-order valence-electron chi connectivity index (χ1n) is 10.9. The van der Waals surface area contributed by atoms with E-state index in [1.54, 1.807) is 6.07 Å². The quantitative estimate of drug-likeness (QED) is 0.273. The van der Waals surface area contributed by atoms with E-state index in [0.29, 0.717) is 17.8 Å². The molecule has 0 fully saturated rings. The van der Waals surface area contributed by atoms with E-state index in [9.17, 15) is 24.9 Å². The van der Waals surface area contributed by atoms with Crippen LogP contribution in [0.25, 0.3) is 16.8 Å². The van der Waals surface area contributed by atoms with E-state index in [0.717, 1.165) is 11.1 Å². The summed E-state index contributed by atoms with van der Waals surface area (Å²) in [6.07, 6.45) is 0.503. The van der Waals surface area contributed by atoms with Crippen molar-refractivity contribution in [3.8, 4) is 28.3 Å². The Bertz CT molecular complexity index is 1530. The minimum absolute atomic E-state index is 0.0453. The Kier molecular flexibility index (Phi) is 6.24. The molecule has 0 amide bonds. The van der Waals surface area contributed by atoms with Crippen LogP contribution < -0.4 is 5.56 Å². The third-order valence-corrected chi connectivity index (χ3v) is 5.85. The number of hydrogen-bond acceptors (Lipinski definition) is 6. The molecule has 0 saturated carbocycles. The first-order valence-corrected chi connectivity index (χ1v) is 10.9. The second-order valence-corrected chi connectivity index (χ2v) is 8.11. The van der Waals surface area contributed by atoms with Crippen LogP contribution in [0.3, 0.4) is 0 Å². The van der Waals surface area contributed by atoms with Gasteiger partial charge in [0.15, 0.2) is 11.4 Å². The van der Waals surface area contributed by atoms with Gasteiger partial charge in [-0.15, -0.1) is 10.2 Å². The van der Waals surface area contributed by atoms with Crippen molar-refractivity contribution >= 4 is 17.3 Å². The van der Waals surface area contributed by atoms with Crippen LogP contribution in [0.1, 0.15) is 34.1 Å². The molecule has 35 heavy (non-hydrogen) atoms. The van der Waals surface area contributed by atoms with Crippen molar-refractivity contribution in [2.45, 2.75) is 27.2 Å². The third kappa shape index (κ3) is 4.43. The Labute approximate surface area is 200 Å². The van der Waals surface area contributed by atoms with Crippen molar-refractivity contribution in [3.63, 3.8) is 0 Å². The van der Waals surface area contributed by atoms with Crippen molar-refractivity contribution < 1.29 is 20.1 Å². The topological polar surface area (TPSA) is 140 Å². The molecular weight excluding hydrogens is 448 g/mol. The zero-order chi connectivity index (χ0) is 25.3. The average molecular weight is 473 g/mol. The predicted octanol–water partition coefficient (Wildman–Crippen LogP) is 5.54. The number of aromatic amines is 1. The van der Waals surface area contributed by atoms with Crippen LogP contribution in [0.4, 0.5) is 11.4 Å². The fourth-order valence-corrected chi connectivity index (χ4v) is 3.69. The largest absolute Gasteiger partial charge is 0.507 e. The highest BCUT2D eigenvalue weighted by Crippen LogP contribution is 2.41. The Morgan fingerprint density at radius 3 is 2.43 bits per heavy atom. The first-order chi connectivity index (χ1) is 16.7. The van der Waals surface area contributed by atoms with Crippen molar-refractivity contribution in [2.24, 2.45) is 10.2 Å². The van der Waals surface area contributed by atoms with Crippen LogP contribution in [0, 0.1) is 13.8 Å². The second kappa shape index (κ2) is 9.30. The lowest BCUT2D eigenvalue weighted by atomic mass is 10.0. The van der Waals surface area contributed by atoms with Gasteiger partial charge in [-0.2, -0.15) is 0 Å². The van der Waals surface area contributed by atoms with Gasteiger partial charge in [-0.25, -0.2) is 9.48 Å². The van der Waals surface area contributed by atoms with Crippen molar-refractivity contribution in [3.05, 3.63) is 87.3 Å². The summed E-state index contributed by atoms with van der Waals surface area (Å²) in [6, 6.07) is 14.1. The fraction of sp³-hybridized carbons (Fsp3) is 0.154. The molecule has 0 aliphatic rings. The Balaban J connectivity index is 1.76. The number of para-hydroxylation sites is 1. The summed E-state index contributed by atoms with van der Waals surface area (Å²) in [5.74, 6) is -1.67. The summed E-state index contributed by atoms with van der Waals surface area (Å²) >= 11 is 0. The molecule has 0 radical (unpaired) electrons. The van der Waals surface area contributed by atoms with Gasteiger partial charge in [-0.3, -0.25) is 9.89 Å². The highest BCUT2D eigenvalue weighted by atomic mass is 16.4. The number of carboxylic acids is 1. The van der Waals surface area contributed by atoms with E-state index >= 15 is 0 Å². The van der Waals surface area contributed by atoms with E-state index in [4.69, 9.17) is 0 Å². The molecule has 0 aliphatic carbocycles. The highest BCUT2D eigenvalue weighted by molar-refractivity contribution is 5.91. The van der Waals surface area contributed by atoms with E-state index in [1.165, 1.54) is 35.0 Å². The molecule has 0 bridgehead atoms. The predicted molar refractivity (Wildman–Crippen MR) is 132 cm³/mol. The summed E-state index contributed by atoms with van der Waals surface area (Å²) in [4.78, 5) is 24.4. The molecule has 4 rings (SSSR count). The van der Waals surface area contributed by atoms with E-state index < -0.39 is 5.97 Å². The van der Waals surface area contributed by atoms with Crippen LogP contribution >= 0.6 is 0 Å². The molecule has 4 N–H and O–H groups in total. The van der Waals surface area contributed by atoms with Gasteiger partial charge in [-0.1, -0.05) is 25.1 Å². The molecule has 1 heterocycles. The SMILES string of the molecule is CCc1[nH]n(-c2ccc(C)c(C)c2)c(=O)c1N=Nc1cccc(-c2cc(C(=O)O)ccc2O)c1O. The summed E-state index contributed by atoms with van der Waals surface area (Å²) in [7, 11) is 0. The molecule has 178 valence electrons. The zero-order valence-corrected chi connectivity index (χ0v) is 19.4. The number of carbonyl (C=O) groups is 1. The normalized spacial score (nSPS) is 11.3. The highest BCUT2D eigenvalue weighted by Gasteiger charge is 2.17. The van der Waals surface area contributed by atoms with Crippen molar-refractivity contribution in [2.75, 3.05) is 0 Å². The van der Waals surface area contributed by atoms with Gasteiger partial charge in [0.05, 0.1) is 16.9 Å². The standard InChI is InChI=1S/C26H24N4O5/c1-4-20-23(25(33)30(29-20)17-10-8-14(2)15(3)12-17)28-27-21-7-5-6-18(24(21)32)19-13-16(26(34)35)9-11-22(19)31/h5-13,29,31-32H,4H2,1-3H3,(H,34,35). The molecule has 3 aromatic carbocycles. The lowest BCUT2D eigenvalue weighted by Gasteiger charge is -2.09. The number of phenolic OH excluding ortho intramolecular Hbond substituents is 2. The second-order valence-electron chi connectivity index (χ2n) is 8.11. The molecule has 0 aliphatic heterocycles. The summed E-state index contributed by atoms with van der Waals surface area (Å²) < 4.78 is 1.41. The monoisotopic (exact) mass is 472 g/mol. The van der Waals surface area contributed by atoms with Gasteiger partial charge in [0.2, 0.25) is 0 Å².